The molecular weight excluding hydrogens is 251 g/mol. The van der Waals surface area contributed by atoms with Gasteiger partial charge in [-0.05, 0) is 35.6 Å². The molecule has 2 heterocycles. The van der Waals surface area contributed by atoms with Crippen LogP contribution in [0.15, 0.2) is 29.6 Å². The number of aromatic nitrogens is 1. The highest BCUT2D eigenvalue weighted by molar-refractivity contribution is 7.10. The van der Waals surface area contributed by atoms with Crippen LogP contribution < -0.4 is 5.32 Å². The maximum absolute atomic E-state index is 12.9. The van der Waals surface area contributed by atoms with Crippen molar-refractivity contribution in [2.75, 3.05) is 0 Å². The number of pyridine rings is 1. The Morgan fingerprint density at radius 3 is 3.00 bits per heavy atom. The van der Waals surface area contributed by atoms with Crippen LogP contribution >= 0.6 is 11.3 Å². The summed E-state index contributed by atoms with van der Waals surface area (Å²) in [6.07, 6.45) is 0.937. The second-order valence-electron chi connectivity index (χ2n) is 3.75. The molecule has 0 atom stereocenters. The summed E-state index contributed by atoms with van der Waals surface area (Å²) >= 11 is 1.61. The molecule has 0 bridgehead atoms. The zero-order valence-electron chi connectivity index (χ0n) is 9.94. The summed E-state index contributed by atoms with van der Waals surface area (Å²) in [6.45, 7) is 2.53. The lowest BCUT2D eigenvalue weighted by Gasteiger charge is -2.04. The second kappa shape index (κ2) is 5.73. The van der Waals surface area contributed by atoms with Gasteiger partial charge in [0.1, 0.15) is 5.69 Å². The van der Waals surface area contributed by atoms with E-state index in [0.717, 1.165) is 11.3 Å². The fraction of sp³-hybridized carbons (Fsp3) is 0.231. The minimum absolute atomic E-state index is 0.101. The van der Waals surface area contributed by atoms with Crippen LogP contribution in [-0.2, 0) is 13.0 Å². The van der Waals surface area contributed by atoms with E-state index in [0.29, 0.717) is 6.54 Å². The molecule has 1 amide bonds. The van der Waals surface area contributed by atoms with Gasteiger partial charge in [0.15, 0.2) is 0 Å². The van der Waals surface area contributed by atoms with Crippen LogP contribution in [0.2, 0.25) is 0 Å². The summed E-state index contributed by atoms with van der Waals surface area (Å²) in [4.78, 5) is 16.4. The van der Waals surface area contributed by atoms with E-state index in [-0.39, 0.29) is 11.6 Å². The third-order valence-corrected chi connectivity index (χ3v) is 3.54. The van der Waals surface area contributed by atoms with Crippen molar-refractivity contribution in [3.05, 3.63) is 51.7 Å². The van der Waals surface area contributed by atoms with E-state index in [1.165, 1.54) is 23.8 Å². The Labute approximate surface area is 109 Å². The molecule has 0 saturated carbocycles. The number of thiophene rings is 1. The van der Waals surface area contributed by atoms with Crippen LogP contribution in [0, 0.1) is 5.95 Å². The molecule has 5 heteroatoms. The highest BCUT2D eigenvalue weighted by Crippen LogP contribution is 2.17. The Hall–Kier alpha value is -1.75. The lowest BCUT2D eigenvalue weighted by molar-refractivity contribution is 0.0945. The van der Waals surface area contributed by atoms with Crippen LogP contribution in [0.3, 0.4) is 0 Å². The van der Waals surface area contributed by atoms with E-state index in [9.17, 15) is 9.18 Å². The molecule has 0 spiro atoms. The number of aryl methyl sites for hydroxylation is 1. The monoisotopic (exact) mass is 264 g/mol. The maximum Gasteiger partial charge on any atom is 0.270 e. The summed E-state index contributed by atoms with van der Waals surface area (Å²) in [5.74, 6) is -1.00. The smallest absolute Gasteiger partial charge is 0.270 e. The largest absolute Gasteiger partial charge is 0.346 e. The minimum atomic E-state index is -0.645. The van der Waals surface area contributed by atoms with E-state index in [4.69, 9.17) is 0 Å². The average Bonchev–Trinajstić information content (AvgIpc) is 2.83. The fourth-order valence-corrected chi connectivity index (χ4v) is 2.54. The zero-order valence-corrected chi connectivity index (χ0v) is 10.8. The molecule has 2 rings (SSSR count). The highest BCUT2D eigenvalue weighted by atomic mass is 32.1. The normalized spacial score (nSPS) is 10.3. The Kier molecular flexibility index (Phi) is 4.04. The molecule has 0 unspecified atom stereocenters. The number of carbonyl (C=O) groups is 1. The van der Waals surface area contributed by atoms with Gasteiger partial charge in [0.05, 0.1) is 6.54 Å². The molecule has 18 heavy (non-hydrogen) atoms. The molecule has 0 radical (unpaired) electrons. The van der Waals surface area contributed by atoms with Crippen molar-refractivity contribution in [2.45, 2.75) is 19.9 Å². The zero-order chi connectivity index (χ0) is 13.0. The lowest BCUT2D eigenvalue weighted by atomic mass is 10.2. The summed E-state index contributed by atoms with van der Waals surface area (Å²) < 4.78 is 12.9. The first-order valence-electron chi connectivity index (χ1n) is 5.66. The maximum atomic E-state index is 12.9. The Bertz CT molecular complexity index is 553. The molecule has 0 saturated heterocycles. The molecule has 0 aliphatic rings. The lowest BCUT2D eigenvalue weighted by Crippen LogP contribution is -2.24. The number of hydrogen-bond donors (Lipinski definition) is 1. The first-order valence-corrected chi connectivity index (χ1v) is 6.54. The van der Waals surface area contributed by atoms with Gasteiger partial charge >= 0.3 is 0 Å². The first kappa shape index (κ1) is 12.7. The number of nitrogens with zero attached hydrogens (tertiary/aromatic N) is 1. The van der Waals surface area contributed by atoms with Gasteiger partial charge in [-0.2, -0.15) is 4.39 Å². The van der Waals surface area contributed by atoms with Crippen LogP contribution in [0.1, 0.15) is 27.9 Å². The number of halogens is 1. The summed E-state index contributed by atoms with van der Waals surface area (Å²) in [6, 6.07) is 6.23. The predicted molar refractivity (Wildman–Crippen MR) is 69.1 cm³/mol. The van der Waals surface area contributed by atoms with Crippen molar-refractivity contribution in [3.8, 4) is 0 Å². The third kappa shape index (κ3) is 2.92. The predicted octanol–water partition coefficient (Wildman–Crippen LogP) is 2.77. The molecule has 2 aromatic rings. The molecule has 0 fully saturated rings. The van der Waals surface area contributed by atoms with Crippen LogP contribution in [0.5, 0.6) is 0 Å². The number of amides is 1. The Morgan fingerprint density at radius 1 is 1.44 bits per heavy atom. The van der Waals surface area contributed by atoms with E-state index in [1.807, 2.05) is 11.4 Å². The van der Waals surface area contributed by atoms with E-state index in [2.05, 4.69) is 17.2 Å². The fourth-order valence-electron chi connectivity index (χ4n) is 1.62. The molecule has 0 aliphatic heterocycles. The highest BCUT2D eigenvalue weighted by Gasteiger charge is 2.09. The van der Waals surface area contributed by atoms with Gasteiger partial charge in [-0.1, -0.05) is 13.0 Å². The molecule has 2 aromatic heterocycles. The van der Waals surface area contributed by atoms with Crippen molar-refractivity contribution in [3.63, 3.8) is 0 Å². The van der Waals surface area contributed by atoms with Gasteiger partial charge in [-0.25, -0.2) is 4.98 Å². The van der Waals surface area contributed by atoms with Gasteiger partial charge in [-0.15, -0.1) is 11.3 Å². The van der Waals surface area contributed by atoms with Crippen LogP contribution in [0.4, 0.5) is 4.39 Å². The van der Waals surface area contributed by atoms with Crippen molar-refractivity contribution >= 4 is 17.2 Å². The summed E-state index contributed by atoms with van der Waals surface area (Å²) in [5.41, 5.74) is 1.33. The third-order valence-electron chi connectivity index (χ3n) is 2.58. The van der Waals surface area contributed by atoms with Gasteiger partial charge in [0.25, 0.3) is 5.91 Å². The van der Waals surface area contributed by atoms with Crippen molar-refractivity contribution < 1.29 is 9.18 Å². The molecule has 3 nitrogen and oxygen atoms in total. The Morgan fingerprint density at radius 2 is 2.28 bits per heavy atom. The van der Waals surface area contributed by atoms with Crippen molar-refractivity contribution in [1.82, 2.24) is 10.3 Å². The SMILES string of the molecule is CCc1ccsc1CNC(=O)c1cccc(F)n1. The van der Waals surface area contributed by atoms with Crippen molar-refractivity contribution in [1.29, 1.82) is 0 Å². The van der Waals surface area contributed by atoms with Crippen molar-refractivity contribution in [2.24, 2.45) is 0 Å². The van der Waals surface area contributed by atoms with E-state index >= 15 is 0 Å². The standard InChI is InChI=1S/C13H13FN2OS/c1-2-9-6-7-18-11(9)8-15-13(17)10-4-3-5-12(14)16-10/h3-7H,2,8H2,1H3,(H,15,17). The first-order chi connectivity index (χ1) is 8.70. The number of nitrogens with one attached hydrogen (secondary N) is 1. The van der Waals surface area contributed by atoms with Gasteiger partial charge < -0.3 is 5.32 Å². The number of rotatable bonds is 4. The van der Waals surface area contributed by atoms with E-state index < -0.39 is 5.95 Å². The van der Waals surface area contributed by atoms with E-state index in [1.54, 1.807) is 11.3 Å². The van der Waals surface area contributed by atoms with Crippen LogP contribution in [-0.4, -0.2) is 10.9 Å². The molecule has 0 aliphatic carbocycles. The molecule has 94 valence electrons. The molecular formula is C13H13FN2OS. The van der Waals surface area contributed by atoms with Gasteiger partial charge in [0, 0.05) is 4.88 Å². The number of carbonyl (C=O) groups excluding carboxylic acids is 1. The van der Waals surface area contributed by atoms with Crippen LogP contribution in [0.25, 0.3) is 0 Å². The molecule has 1 N–H and O–H groups in total. The topological polar surface area (TPSA) is 42.0 Å². The average molecular weight is 264 g/mol. The summed E-state index contributed by atoms with van der Waals surface area (Å²) in [5, 5.41) is 4.75. The molecule has 0 aromatic carbocycles. The van der Waals surface area contributed by atoms with Gasteiger partial charge in [-0.3, -0.25) is 4.79 Å². The summed E-state index contributed by atoms with van der Waals surface area (Å²) in [7, 11) is 0. The Balaban J connectivity index is 2.00. The quantitative estimate of drug-likeness (QED) is 0.863. The minimum Gasteiger partial charge on any atom is -0.346 e. The second-order valence-corrected chi connectivity index (χ2v) is 4.75. The van der Waals surface area contributed by atoms with Gasteiger partial charge in [0.2, 0.25) is 5.95 Å². The number of hydrogen-bond acceptors (Lipinski definition) is 3.